The number of ether oxygens (including phenoxy) is 3. The van der Waals surface area contributed by atoms with Crippen LogP contribution in [0.4, 0.5) is 4.79 Å². The first kappa shape index (κ1) is 22.8. The molecule has 2 aromatic rings. The fraction of sp³-hybridized carbons (Fsp3) is 0.261. The molecule has 0 spiro atoms. The summed E-state index contributed by atoms with van der Waals surface area (Å²) in [6.07, 6.45) is 0. The fourth-order valence-electron chi connectivity index (χ4n) is 3.20. The molecule has 0 saturated carbocycles. The molecule has 0 bridgehead atoms. The molecule has 1 aliphatic heterocycles. The van der Waals surface area contributed by atoms with Crippen molar-refractivity contribution in [3.05, 3.63) is 76.5 Å². The maximum Gasteiger partial charge on any atom is 0.338 e. The Morgan fingerprint density at radius 3 is 2.28 bits per heavy atom. The maximum atomic E-state index is 12.7. The van der Waals surface area contributed by atoms with Gasteiger partial charge in [0, 0.05) is 0 Å². The van der Waals surface area contributed by atoms with Gasteiger partial charge in [-0.05, 0) is 42.3 Å². The Balaban J connectivity index is 1.89. The molecule has 9 heteroatoms. The van der Waals surface area contributed by atoms with Gasteiger partial charge in [-0.2, -0.15) is 0 Å². The van der Waals surface area contributed by atoms with Crippen LogP contribution < -0.4 is 15.4 Å². The Morgan fingerprint density at radius 1 is 1.00 bits per heavy atom. The fourth-order valence-corrected chi connectivity index (χ4v) is 3.20. The summed E-state index contributed by atoms with van der Waals surface area (Å²) in [6.45, 7) is 1.33. The molecule has 0 aliphatic carbocycles. The van der Waals surface area contributed by atoms with E-state index in [1.807, 2.05) is 0 Å². The minimum absolute atomic E-state index is 0.133. The van der Waals surface area contributed by atoms with E-state index in [-0.39, 0.29) is 36.7 Å². The lowest BCUT2D eigenvalue weighted by molar-refractivity contribution is -0.139. The van der Waals surface area contributed by atoms with Crippen LogP contribution in [0.2, 0.25) is 0 Å². The predicted octanol–water partition coefficient (Wildman–Crippen LogP) is 2.22. The van der Waals surface area contributed by atoms with Gasteiger partial charge < -0.3 is 30.0 Å². The normalized spacial score (nSPS) is 15.5. The molecule has 0 aromatic heterocycles. The highest BCUT2D eigenvalue weighted by atomic mass is 16.5. The summed E-state index contributed by atoms with van der Waals surface area (Å²) in [5.74, 6) is -0.657. The number of carbonyl (C=O) groups excluding carboxylic acids is 3. The highest BCUT2D eigenvalue weighted by Crippen LogP contribution is 2.29. The predicted molar refractivity (Wildman–Crippen MR) is 114 cm³/mol. The molecule has 0 radical (unpaired) electrons. The largest absolute Gasteiger partial charge is 0.497 e. The van der Waals surface area contributed by atoms with Crippen molar-refractivity contribution in [2.24, 2.45) is 0 Å². The summed E-state index contributed by atoms with van der Waals surface area (Å²) in [4.78, 5) is 37.5. The lowest BCUT2D eigenvalue weighted by Gasteiger charge is -2.29. The Hall–Kier alpha value is -3.85. The molecular weight excluding hydrogens is 416 g/mol. The zero-order chi connectivity index (χ0) is 23.1. The van der Waals surface area contributed by atoms with Crippen LogP contribution in [0.5, 0.6) is 5.75 Å². The van der Waals surface area contributed by atoms with E-state index in [1.165, 1.54) is 19.2 Å². The smallest absolute Gasteiger partial charge is 0.338 e. The minimum atomic E-state index is -0.800. The molecule has 2 aromatic carbocycles. The standard InChI is InChI=1S/C23H24N2O7/c1-3-31-22(28)19-18(13-32-21(27)16-6-4-14(12-26)5-7-16)24-23(29)25-20(19)15-8-10-17(30-2)11-9-15/h4-11,20,26H,3,12-13H2,1-2H3,(H2,24,25,29). The van der Waals surface area contributed by atoms with Crippen LogP contribution in [0.3, 0.4) is 0 Å². The quantitative estimate of drug-likeness (QED) is 0.538. The molecule has 1 unspecified atom stereocenters. The molecule has 3 N–H and O–H groups in total. The first-order valence-corrected chi connectivity index (χ1v) is 9.95. The number of aliphatic hydroxyl groups is 1. The van der Waals surface area contributed by atoms with Crippen LogP contribution in [0.15, 0.2) is 59.8 Å². The van der Waals surface area contributed by atoms with Gasteiger partial charge in [-0.1, -0.05) is 24.3 Å². The van der Waals surface area contributed by atoms with Gasteiger partial charge in [0.15, 0.2) is 0 Å². The van der Waals surface area contributed by atoms with E-state index in [9.17, 15) is 14.4 Å². The highest BCUT2D eigenvalue weighted by molar-refractivity contribution is 5.95. The highest BCUT2D eigenvalue weighted by Gasteiger charge is 2.34. The molecule has 3 rings (SSSR count). The van der Waals surface area contributed by atoms with E-state index in [1.54, 1.807) is 43.3 Å². The van der Waals surface area contributed by atoms with E-state index in [0.717, 1.165) is 0 Å². The second-order valence-electron chi connectivity index (χ2n) is 6.85. The van der Waals surface area contributed by atoms with E-state index in [2.05, 4.69) is 10.6 Å². The zero-order valence-corrected chi connectivity index (χ0v) is 17.7. The minimum Gasteiger partial charge on any atom is -0.497 e. The molecule has 32 heavy (non-hydrogen) atoms. The van der Waals surface area contributed by atoms with Crippen molar-refractivity contribution in [1.82, 2.24) is 10.6 Å². The Labute approximate surface area is 185 Å². The number of esters is 2. The third-order valence-corrected chi connectivity index (χ3v) is 4.82. The van der Waals surface area contributed by atoms with E-state index >= 15 is 0 Å². The average Bonchev–Trinajstić information content (AvgIpc) is 2.82. The lowest BCUT2D eigenvalue weighted by Crippen LogP contribution is -2.47. The number of carbonyl (C=O) groups is 3. The van der Waals surface area contributed by atoms with E-state index in [0.29, 0.717) is 16.9 Å². The summed E-state index contributed by atoms with van der Waals surface area (Å²) >= 11 is 0. The lowest BCUT2D eigenvalue weighted by atomic mass is 9.95. The van der Waals surface area contributed by atoms with Crippen molar-refractivity contribution in [2.75, 3.05) is 20.3 Å². The summed E-state index contributed by atoms with van der Waals surface area (Å²) in [7, 11) is 1.54. The van der Waals surface area contributed by atoms with Gasteiger partial charge in [-0.3, -0.25) is 0 Å². The molecule has 2 amide bonds. The number of hydrogen-bond donors (Lipinski definition) is 3. The van der Waals surface area contributed by atoms with Crippen LogP contribution in [0.1, 0.15) is 34.5 Å². The number of benzene rings is 2. The van der Waals surface area contributed by atoms with Crippen molar-refractivity contribution in [2.45, 2.75) is 19.6 Å². The van der Waals surface area contributed by atoms with Crippen LogP contribution >= 0.6 is 0 Å². The Kier molecular flexibility index (Phi) is 7.45. The Bertz CT molecular complexity index is 1010. The first-order valence-electron chi connectivity index (χ1n) is 9.95. The van der Waals surface area contributed by atoms with Crippen molar-refractivity contribution >= 4 is 18.0 Å². The van der Waals surface area contributed by atoms with Crippen LogP contribution in [0, 0.1) is 0 Å². The molecule has 0 fully saturated rings. The number of hydrogen-bond acceptors (Lipinski definition) is 7. The van der Waals surface area contributed by atoms with Crippen LogP contribution in [-0.2, 0) is 20.9 Å². The molecule has 1 heterocycles. The third-order valence-electron chi connectivity index (χ3n) is 4.82. The second kappa shape index (κ2) is 10.5. The average molecular weight is 440 g/mol. The molecule has 9 nitrogen and oxygen atoms in total. The number of nitrogens with one attached hydrogen (secondary N) is 2. The van der Waals surface area contributed by atoms with Crippen molar-refractivity contribution in [3.63, 3.8) is 0 Å². The monoisotopic (exact) mass is 440 g/mol. The summed E-state index contributed by atoms with van der Waals surface area (Å²) < 4.78 is 15.7. The number of urea groups is 1. The Morgan fingerprint density at radius 2 is 1.69 bits per heavy atom. The van der Waals surface area contributed by atoms with Gasteiger partial charge in [0.05, 0.1) is 43.2 Å². The SMILES string of the molecule is CCOC(=O)C1=C(COC(=O)c2ccc(CO)cc2)NC(=O)NC1c1ccc(OC)cc1. The maximum absolute atomic E-state index is 12.7. The molecule has 1 aliphatic rings. The van der Waals surface area contributed by atoms with Gasteiger partial charge in [-0.25, -0.2) is 14.4 Å². The van der Waals surface area contributed by atoms with E-state index in [4.69, 9.17) is 19.3 Å². The molecule has 168 valence electrons. The number of amides is 2. The number of aliphatic hydroxyl groups excluding tert-OH is 1. The van der Waals surface area contributed by atoms with Gasteiger partial charge in [0.25, 0.3) is 0 Å². The molecule has 0 saturated heterocycles. The molecular formula is C23H24N2O7. The summed E-state index contributed by atoms with van der Waals surface area (Å²) in [6, 6.07) is 11.8. The van der Waals surface area contributed by atoms with Crippen LogP contribution in [0.25, 0.3) is 0 Å². The summed E-state index contributed by atoms with van der Waals surface area (Å²) in [5, 5.41) is 14.4. The van der Waals surface area contributed by atoms with Crippen molar-refractivity contribution in [3.8, 4) is 5.75 Å². The topological polar surface area (TPSA) is 123 Å². The second-order valence-corrected chi connectivity index (χ2v) is 6.85. The third kappa shape index (κ3) is 5.25. The summed E-state index contributed by atoms with van der Waals surface area (Å²) in [5.41, 5.74) is 1.83. The van der Waals surface area contributed by atoms with Gasteiger partial charge in [-0.15, -0.1) is 0 Å². The van der Waals surface area contributed by atoms with Crippen molar-refractivity contribution in [1.29, 1.82) is 0 Å². The van der Waals surface area contributed by atoms with E-state index < -0.39 is 24.0 Å². The van der Waals surface area contributed by atoms with Gasteiger partial charge >= 0.3 is 18.0 Å². The molecule has 1 atom stereocenters. The first-order chi connectivity index (χ1) is 15.5. The van der Waals surface area contributed by atoms with Crippen LogP contribution in [-0.4, -0.2) is 43.4 Å². The van der Waals surface area contributed by atoms with Gasteiger partial charge in [0.2, 0.25) is 0 Å². The number of rotatable bonds is 8. The zero-order valence-electron chi connectivity index (χ0n) is 17.7. The number of methoxy groups -OCH3 is 1. The van der Waals surface area contributed by atoms with Gasteiger partial charge in [0.1, 0.15) is 12.4 Å². The van der Waals surface area contributed by atoms with Crippen molar-refractivity contribution < 1.29 is 33.7 Å².